The van der Waals surface area contributed by atoms with Gasteiger partial charge in [-0.1, -0.05) is 35.2 Å². The predicted octanol–water partition coefficient (Wildman–Crippen LogP) is 4.95. The summed E-state index contributed by atoms with van der Waals surface area (Å²) in [6.45, 7) is 6.12. The van der Waals surface area contributed by atoms with Gasteiger partial charge in [-0.15, -0.1) is 10.2 Å². The van der Waals surface area contributed by atoms with Crippen LogP contribution in [0.5, 0.6) is 5.75 Å². The molecule has 0 saturated carbocycles. The maximum Gasteiger partial charge on any atom is 0.234 e. The normalized spacial score (nSPS) is 10.6. The van der Waals surface area contributed by atoms with E-state index in [1.807, 2.05) is 31.2 Å². The van der Waals surface area contributed by atoms with Gasteiger partial charge in [0.25, 0.3) is 0 Å². The molecule has 0 spiro atoms. The molecular weight excluding hydrogens is 392 g/mol. The van der Waals surface area contributed by atoms with Crippen LogP contribution in [0, 0.1) is 20.8 Å². The molecule has 2 N–H and O–H groups in total. The molecule has 3 aromatic rings. The Bertz CT molecular complexity index is 988. The average molecular weight is 415 g/mol. The first-order chi connectivity index (χ1) is 13.4. The first-order valence-corrected chi connectivity index (χ1v) is 10.5. The predicted molar refractivity (Wildman–Crippen MR) is 116 cm³/mol. The quantitative estimate of drug-likeness (QED) is 0.533. The zero-order valence-corrected chi connectivity index (χ0v) is 17.8. The largest absolute Gasteiger partial charge is 0.495 e. The van der Waals surface area contributed by atoms with E-state index in [1.165, 1.54) is 34.2 Å². The lowest BCUT2D eigenvalue weighted by Crippen LogP contribution is -2.14. The number of rotatable bonds is 7. The number of methoxy groups -OCH3 is 1. The van der Waals surface area contributed by atoms with Gasteiger partial charge in [0.05, 0.1) is 18.6 Å². The van der Waals surface area contributed by atoms with Crippen LogP contribution in [0.3, 0.4) is 0 Å². The Morgan fingerprint density at radius 2 is 1.93 bits per heavy atom. The summed E-state index contributed by atoms with van der Waals surface area (Å²) in [5.41, 5.74) is 5.15. The second-order valence-electron chi connectivity index (χ2n) is 6.34. The Morgan fingerprint density at radius 3 is 2.68 bits per heavy atom. The highest BCUT2D eigenvalue weighted by atomic mass is 32.2. The van der Waals surface area contributed by atoms with E-state index >= 15 is 0 Å². The van der Waals surface area contributed by atoms with E-state index in [-0.39, 0.29) is 11.7 Å². The summed E-state index contributed by atoms with van der Waals surface area (Å²) in [6.07, 6.45) is 0. The van der Waals surface area contributed by atoms with Crippen LogP contribution in [0.1, 0.15) is 16.7 Å². The zero-order valence-electron chi connectivity index (χ0n) is 16.2. The minimum atomic E-state index is -0.118. The van der Waals surface area contributed by atoms with E-state index in [1.54, 1.807) is 7.11 Å². The molecule has 0 radical (unpaired) electrons. The van der Waals surface area contributed by atoms with E-state index in [0.29, 0.717) is 16.6 Å². The smallest absolute Gasteiger partial charge is 0.234 e. The summed E-state index contributed by atoms with van der Waals surface area (Å²) in [6, 6.07) is 11.8. The van der Waals surface area contributed by atoms with Gasteiger partial charge in [0.15, 0.2) is 4.34 Å². The molecule has 1 amide bonds. The molecule has 0 atom stereocenters. The fraction of sp³-hybridized carbons (Fsp3) is 0.250. The summed E-state index contributed by atoms with van der Waals surface area (Å²) in [4.78, 5) is 12.3. The van der Waals surface area contributed by atoms with Crippen LogP contribution in [-0.2, 0) is 4.79 Å². The molecule has 0 unspecified atom stereocenters. The molecule has 3 rings (SSSR count). The van der Waals surface area contributed by atoms with Crippen molar-refractivity contribution in [2.75, 3.05) is 23.5 Å². The number of hydrogen-bond acceptors (Lipinski definition) is 7. The first kappa shape index (κ1) is 20.2. The highest BCUT2D eigenvalue weighted by molar-refractivity contribution is 8.01. The van der Waals surface area contributed by atoms with E-state index in [9.17, 15) is 4.79 Å². The first-order valence-electron chi connectivity index (χ1n) is 8.69. The third-order valence-corrected chi connectivity index (χ3v) is 6.09. The van der Waals surface area contributed by atoms with Crippen LogP contribution in [0.4, 0.5) is 16.5 Å². The van der Waals surface area contributed by atoms with Crippen molar-refractivity contribution in [2.45, 2.75) is 25.1 Å². The topological polar surface area (TPSA) is 76.1 Å². The van der Waals surface area contributed by atoms with Gasteiger partial charge in [-0.05, 0) is 61.7 Å². The number of hydrogen-bond donors (Lipinski definition) is 2. The minimum absolute atomic E-state index is 0.118. The molecule has 0 fully saturated rings. The molecular formula is C20H22N4O2S2. The van der Waals surface area contributed by atoms with Gasteiger partial charge in [-0.2, -0.15) is 0 Å². The molecule has 0 bridgehead atoms. The summed E-state index contributed by atoms with van der Waals surface area (Å²) in [5, 5.41) is 15.1. The Kier molecular flexibility index (Phi) is 6.53. The van der Waals surface area contributed by atoms with Crippen LogP contribution >= 0.6 is 23.1 Å². The van der Waals surface area contributed by atoms with Crippen LogP contribution in [0.15, 0.2) is 40.7 Å². The van der Waals surface area contributed by atoms with Crippen LogP contribution in [0.25, 0.3) is 0 Å². The molecule has 0 aliphatic rings. The van der Waals surface area contributed by atoms with Crippen molar-refractivity contribution in [3.63, 3.8) is 0 Å². The van der Waals surface area contributed by atoms with E-state index in [0.717, 1.165) is 15.6 Å². The summed E-state index contributed by atoms with van der Waals surface area (Å²) in [7, 11) is 1.58. The fourth-order valence-electron chi connectivity index (χ4n) is 2.49. The van der Waals surface area contributed by atoms with Crippen molar-refractivity contribution in [3.8, 4) is 5.75 Å². The molecule has 6 nitrogen and oxygen atoms in total. The van der Waals surface area contributed by atoms with Gasteiger partial charge in [-0.25, -0.2) is 0 Å². The number of aromatic nitrogens is 2. The highest BCUT2D eigenvalue weighted by Gasteiger charge is 2.11. The number of ether oxygens (including phenoxy) is 1. The summed E-state index contributed by atoms with van der Waals surface area (Å²) in [5.74, 6) is 0.766. The third kappa shape index (κ3) is 5.24. The number of nitrogens with one attached hydrogen (secondary N) is 2. The van der Waals surface area contributed by atoms with Crippen molar-refractivity contribution in [2.24, 2.45) is 0 Å². The number of carbonyl (C=O) groups excluding carboxylic acids is 1. The van der Waals surface area contributed by atoms with Gasteiger partial charge in [0.2, 0.25) is 11.0 Å². The van der Waals surface area contributed by atoms with E-state index in [2.05, 4.69) is 46.8 Å². The maximum atomic E-state index is 12.3. The lowest BCUT2D eigenvalue weighted by atomic mass is 10.1. The molecule has 28 heavy (non-hydrogen) atoms. The molecule has 0 aliphatic carbocycles. The molecule has 0 aliphatic heterocycles. The summed E-state index contributed by atoms with van der Waals surface area (Å²) < 4.78 is 6.02. The van der Waals surface area contributed by atoms with Crippen molar-refractivity contribution in [3.05, 3.63) is 53.1 Å². The van der Waals surface area contributed by atoms with Crippen LogP contribution in [-0.4, -0.2) is 29.0 Å². The fourth-order valence-corrected chi connectivity index (χ4v) is 4.07. The number of anilines is 3. The maximum absolute atomic E-state index is 12.3. The van der Waals surface area contributed by atoms with Crippen LogP contribution < -0.4 is 15.4 Å². The van der Waals surface area contributed by atoms with Gasteiger partial charge >= 0.3 is 0 Å². The van der Waals surface area contributed by atoms with E-state index in [4.69, 9.17) is 4.74 Å². The Labute approximate surface area is 172 Å². The number of aryl methyl sites for hydroxylation is 3. The van der Waals surface area contributed by atoms with Crippen molar-refractivity contribution < 1.29 is 9.53 Å². The molecule has 1 heterocycles. The molecule has 146 valence electrons. The van der Waals surface area contributed by atoms with Gasteiger partial charge in [-0.3, -0.25) is 4.79 Å². The van der Waals surface area contributed by atoms with E-state index < -0.39 is 0 Å². The third-order valence-electron chi connectivity index (χ3n) is 4.12. The van der Waals surface area contributed by atoms with Gasteiger partial charge < -0.3 is 15.4 Å². The molecule has 0 saturated heterocycles. The Balaban J connectivity index is 1.56. The van der Waals surface area contributed by atoms with Crippen molar-refractivity contribution in [1.82, 2.24) is 10.2 Å². The second kappa shape index (κ2) is 9.07. The van der Waals surface area contributed by atoms with Crippen LogP contribution in [0.2, 0.25) is 0 Å². The SMILES string of the molecule is COc1ccc(C)cc1NC(=O)CSc1nnc(Nc2ccc(C)c(C)c2)s1. The monoisotopic (exact) mass is 414 g/mol. The molecule has 8 heteroatoms. The Hall–Kier alpha value is -2.58. The Morgan fingerprint density at radius 1 is 1.11 bits per heavy atom. The lowest BCUT2D eigenvalue weighted by Gasteiger charge is -2.10. The lowest BCUT2D eigenvalue weighted by molar-refractivity contribution is -0.113. The number of thioether (sulfide) groups is 1. The van der Waals surface area contributed by atoms with Crippen molar-refractivity contribution >= 4 is 45.5 Å². The summed E-state index contributed by atoms with van der Waals surface area (Å²) >= 11 is 2.78. The highest BCUT2D eigenvalue weighted by Crippen LogP contribution is 2.29. The molecule has 1 aromatic heterocycles. The second-order valence-corrected chi connectivity index (χ2v) is 8.54. The van der Waals surface area contributed by atoms with Crippen molar-refractivity contribution in [1.29, 1.82) is 0 Å². The van der Waals surface area contributed by atoms with Gasteiger partial charge in [0.1, 0.15) is 5.75 Å². The molecule has 2 aromatic carbocycles. The number of benzene rings is 2. The number of amides is 1. The number of carbonyl (C=O) groups is 1. The minimum Gasteiger partial charge on any atom is -0.495 e. The van der Waals surface area contributed by atoms with Gasteiger partial charge in [0, 0.05) is 5.69 Å². The zero-order chi connectivity index (χ0) is 20.1. The average Bonchev–Trinajstić information content (AvgIpc) is 3.11. The number of nitrogens with zero attached hydrogens (tertiary/aromatic N) is 2. The standard InChI is InChI=1S/C20H22N4O2S2/c1-12-5-8-17(26-4)16(9-12)22-18(25)11-27-20-24-23-19(28-20)21-15-7-6-13(2)14(3)10-15/h5-10H,11H2,1-4H3,(H,21,23)(H,22,25).